The van der Waals surface area contributed by atoms with Gasteiger partial charge in [0, 0.05) is 11.9 Å². The second kappa shape index (κ2) is 7.06. The van der Waals surface area contributed by atoms with Crippen molar-refractivity contribution in [2.24, 2.45) is 17.8 Å². The normalized spacial score (nSPS) is 23.0. The molecule has 4 rings (SSSR count). The largest absolute Gasteiger partial charge is 0.493 e. The Morgan fingerprint density at radius 2 is 2.11 bits per heavy atom. The number of hydrogen-bond donors (Lipinski definition) is 1. The zero-order valence-corrected chi connectivity index (χ0v) is 15.5. The van der Waals surface area contributed by atoms with E-state index in [1.165, 1.54) is 25.3 Å². The van der Waals surface area contributed by atoms with Crippen LogP contribution in [0.3, 0.4) is 0 Å². The van der Waals surface area contributed by atoms with Gasteiger partial charge in [-0.1, -0.05) is 12.2 Å². The Bertz CT molecular complexity index is 966. The van der Waals surface area contributed by atoms with Gasteiger partial charge >= 0.3 is 0 Å². The first-order valence-electron chi connectivity index (χ1n) is 9.16. The summed E-state index contributed by atoms with van der Waals surface area (Å²) < 4.78 is 11.8. The van der Waals surface area contributed by atoms with Gasteiger partial charge in [0.05, 0.1) is 25.8 Å². The van der Waals surface area contributed by atoms with Gasteiger partial charge in [-0.3, -0.25) is 9.59 Å². The number of allylic oxidation sites excluding steroid dienone is 2. The van der Waals surface area contributed by atoms with Gasteiger partial charge in [-0.25, -0.2) is 4.68 Å². The van der Waals surface area contributed by atoms with Crippen molar-refractivity contribution in [3.8, 4) is 11.5 Å². The standard InChI is InChI=1S/C20H23N3O4/c1-26-16-6-5-14-10-22-23(20(25)18(14)19(16)27-2)11-17(24)21-9-15-8-12-3-4-13(15)7-12/h3-6,10,12-13,15H,7-9,11H2,1-2H3,(H,21,24)/t12-,13-,15+/m1/s1. The van der Waals surface area contributed by atoms with Crippen LogP contribution in [-0.4, -0.2) is 36.5 Å². The average molecular weight is 369 g/mol. The molecule has 1 amide bonds. The third-order valence-electron chi connectivity index (χ3n) is 5.63. The van der Waals surface area contributed by atoms with Gasteiger partial charge in [0.25, 0.3) is 5.56 Å². The molecular weight excluding hydrogens is 346 g/mol. The van der Waals surface area contributed by atoms with Crippen LogP contribution in [0.1, 0.15) is 12.8 Å². The highest BCUT2D eigenvalue weighted by atomic mass is 16.5. The average Bonchev–Trinajstić information content (AvgIpc) is 3.31. The first kappa shape index (κ1) is 17.6. The zero-order chi connectivity index (χ0) is 19.0. The molecule has 7 heteroatoms. The van der Waals surface area contributed by atoms with Gasteiger partial charge in [0.2, 0.25) is 5.91 Å². The molecule has 1 heterocycles. The van der Waals surface area contributed by atoms with Crippen LogP contribution in [0.2, 0.25) is 0 Å². The molecule has 142 valence electrons. The van der Waals surface area contributed by atoms with E-state index in [9.17, 15) is 9.59 Å². The van der Waals surface area contributed by atoms with E-state index >= 15 is 0 Å². The maximum atomic E-state index is 12.9. The molecule has 0 unspecified atom stereocenters. The molecule has 0 aliphatic heterocycles. The van der Waals surface area contributed by atoms with E-state index in [2.05, 4.69) is 22.6 Å². The molecule has 2 aromatic rings. The molecule has 2 aliphatic rings. The SMILES string of the molecule is COc1ccc2cnn(CC(=O)NC[C@@H]3C[C@@H]4C=C[C@@H]3C4)c(=O)c2c1OC. The predicted octanol–water partition coefficient (Wildman–Crippen LogP) is 1.74. The molecule has 2 bridgehead atoms. The lowest BCUT2D eigenvalue weighted by Crippen LogP contribution is -2.36. The fraction of sp³-hybridized carbons (Fsp3) is 0.450. The molecule has 1 saturated carbocycles. The van der Waals surface area contributed by atoms with Gasteiger partial charge in [-0.15, -0.1) is 0 Å². The van der Waals surface area contributed by atoms with E-state index in [4.69, 9.17) is 9.47 Å². The smallest absolute Gasteiger partial charge is 0.279 e. The maximum Gasteiger partial charge on any atom is 0.279 e. The summed E-state index contributed by atoms with van der Waals surface area (Å²) in [4.78, 5) is 25.2. The minimum atomic E-state index is -0.374. The number of rotatable bonds is 6. The van der Waals surface area contributed by atoms with Crippen molar-refractivity contribution in [2.45, 2.75) is 19.4 Å². The van der Waals surface area contributed by atoms with Gasteiger partial charge in [-0.2, -0.15) is 5.10 Å². The van der Waals surface area contributed by atoms with E-state index < -0.39 is 0 Å². The summed E-state index contributed by atoms with van der Waals surface area (Å²) in [6.45, 7) is 0.523. The van der Waals surface area contributed by atoms with Gasteiger partial charge in [0.15, 0.2) is 11.5 Å². The molecule has 0 saturated heterocycles. The van der Waals surface area contributed by atoms with Crippen molar-refractivity contribution in [2.75, 3.05) is 20.8 Å². The molecule has 1 aromatic heterocycles. The molecule has 2 aliphatic carbocycles. The molecule has 3 atom stereocenters. The van der Waals surface area contributed by atoms with Gasteiger partial charge in [0.1, 0.15) is 6.54 Å². The number of benzene rings is 1. The third-order valence-corrected chi connectivity index (χ3v) is 5.63. The van der Waals surface area contributed by atoms with Gasteiger partial charge in [-0.05, 0) is 42.7 Å². The second-order valence-electron chi connectivity index (χ2n) is 7.22. The van der Waals surface area contributed by atoms with Crippen LogP contribution in [0.4, 0.5) is 0 Å². The molecule has 7 nitrogen and oxygen atoms in total. The Hall–Kier alpha value is -2.83. The summed E-state index contributed by atoms with van der Waals surface area (Å²) in [7, 11) is 3.00. The number of carbonyl (C=O) groups excluding carboxylic acids is 1. The lowest BCUT2D eigenvalue weighted by atomic mass is 9.94. The number of carbonyl (C=O) groups is 1. The topological polar surface area (TPSA) is 82.5 Å². The Morgan fingerprint density at radius 3 is 2.78 bits per heavy atom. The molecule has 0 spiro atoms. The van der Waals surface area contributed by atoms with E-state index in [1.807, 2.05) is 0 Å². The van der Waals surface area contributed by atoms with Crippen molar-refractivity contribution >= 4 is 16.7 Å². The molecule has 1 fully saturated rings. The number of methoxy groups -OCH3 is 2. The monoisotopic (exact) mass is 369 g/mol. The number of ether oxygens (including phenoxy) is 2. The lowest BCUT2D eigenvalue weighted by molar-refractivity contribution is -0.122. The number of nitrogens with zero attached hydrogens (tertiary/aromatic N) is 2. The Kier molecular flexibility index (Phi) is 4.59. The summed E-state index contributed by atoms with van der Waals surface area (Å²) in [6, 6.07) is 3.47. The lowest BCUT2D eigenvalue weighted by Gasteiger charge is -2.18. The van der Waals surface area contributed by atoms with E-state index in [0.29, 0.717) is 46.6 Å². The summed E-state index contributed by atoms with van der Waals surface area (Å²) in [5, 5.41) is 8.09. The molecule has 1 N–H and O–H groups in total. The minimum absolute atomic E-state index is 0.119. The second-order valence-corrected chi connectivity index (χ2v) is 7.22. The van der Waals surface area contributed by atoms with E-state index in [0.717, 1.165) is 6.42 Å². The van der Waals surface area contributed by atoms with Crippen molar-refractivity contribution in [3.05, 3.63) is 40.8 Å². The Labute approximate surface area is 157 Å². The van der Waals surface area contributed by atoms with E-state index in [-0.39, 0.29) is 18.0 Å². The highest BCUT2D eigenvalue weighted by Crippen LogP contribution is 2.42. The third kappa shape index (κ3) is 3.18. The summed E-state index contributed by atoms with van der Waals surface area (Å²) in [5.74, 6) is 2.35. The molecule has 1 aromatic carbocycles. The first-order valence-corrected chi connectivity index (χ1v) is 9.16. The maximum absolute atomic E-state index is 12.9. The Morgan fingerprint density at radius 1 is 1.26 bits per heavy atom. The van der Waals surface area contributed by atoms with Gasteiger partial charge < -0.3 is 14.8 Å². The van der Waals surface area contributed by atoms with Crippen LogP contribution < -0.4 is 20.3 Å². The quantitative estimate of drug-likeness (QED) is 0.785. The molecule has 27 heavy (non-hydrogen) atoms. The number of hydrogen-bond acceptors (Lipinski definition) is 5. The van der Waals surface area contributed by atoms with Crippen LogP contribution >= 0.6 is 0 Å². The molecule has 0 radical (unpaired) electrons. The van der Waals surface area contributed by atoms with Crippen LogP contribution in [0.15, 0.2) is 35.3 Å². The van der Waals surface area contributed by atoms with Crippen LogP contribution in [0, 0.1) is 17.8 Å². The number of amides is 1. The summed E-state index contributed by atoms with van der Waals surface area (Å²) in [6.07, 6.45) is 8.44. The Balaban J connectivity index is 1.51. The highest BCUT2D eigenvalue weighted by molar-refractivity contribution is 5.89. The number of fused-ring (bicyclic) bond motifs is 3. The van der Waals surface area contributed by atoms with Crippen LogP contribution in [0.5, 0.6) is 11.5 Å². The van der Waals surface area contributed by atoms with Crippen LogP contribution in [0.25, 0.3) is 10.8 Å². The van der Waals surface area contributed by atoms with Crippen LogP contribution in [-0.2, 0) is 11.3 Å². The number of aromatic nitrogens is 2. The van der Waals surface area contributed by atoms with E-state index in [1.54, 1.807) is 18.3 Å². The predicted molar refractivity (Wildman–Crippen MR) is 101 cm³/mol. The van der Waals surface area contributed by atoms with Crippen molar-refractivity contribution in [1.29, 1.82) is 0 Å². The summed E-state index contributed by atoms with van der Waals surface area (Å²) >= 11 is 0. The fourth-order valence-corrected chi connectivity index (χ4v) is 4.26. The fourth-order valence-electron chi connectivity index (χ4n) is 4.26. The molecular formula is C20H23N3O4. The highest BCUT2D eigenvalue weighted by Gasteiger charge is 2.35. The van der Waals surface area contributed by atoms with Crippen molar-refractivity contribution < 1.29 is 14.3 Å². The first-order chi connectivity index (χ1) is 13.1. The summed E-state index contributed by atoms with van der Waals surface area (Å²) in [5.41, 5.74) is -0.374. The van der Waals surface area contributed by atoms with Crippen molar-refractivity contribution in [1.82, 2.24) is 15.1 Å². The van der Waals surface area contributed by atoms with Crippen molar-refractivity contribution in [3.63, 3.8) is 0 Å². The zero-order valence-electron chi connectivity index (χ0n) is 15.5. The number of nitrogens with one attached hydrogen (secondary N) is 1. The minimum Gasteiger partial charge on any atom is -0.493 e.